The zero-order valence-corrected chi connectivity index (χ0v) is 46.4. The van der Waals surface area contributed by atoms with Crippen molar-refractivity contribution >= 4 is 39.1 Å². The van der Waals surface area contributed by atoms with Crippen LogP contribution in [0.1, 0.15) is 138 Å². The number of ketones is 3. The van der Waals surface area contributed by atoms with Crippen LogP contribution < -0.4 is 0 Å². The molecule has 4 aliphatic rings. The first-order valence-corrected chi connectivity index (χ1v) is 28.8. The van der Waals surface area contributed by atoms with Gasteiger partial charge >= 0.3 is 5.97 Å². The monoisotopic (exact) mass is 1050 g/mol. The van der Waals surface area contributed by atoms with Crippen molar-refractivity contribution in [1.29, 1.82) is 0 Å². The van der Waals surface area contributed by atoms with E-state index in [9.17, 15) is 42.6 Å². The molecule has 0 radical (unpaired) electrons. The summed E-state index contributed by atoms with van der Waals surface area (Å²) in [5, 5.41) is 23.4. The van der Waals surface area contributed by atoms with Crippen LogP contribution in [0.2, 0.25) is 0 Å². The highest BCUT2D eigenvalue weighted by molar-refractivity contribution is 7.90. The summed E-state index contributed by atoms with van der Waals surface area (Å²) in [6.45, 7) is 12.9. The number of Topliss-reactive ketones (excluding diaryl/α,β-unsaturated/α-hetero) is 3. The normalized spacial score (nSPS) is 36.8. The SMILES string of the molecule is COC1C(=O)C(C)CC/C=C/C=C/C=C(\C)[C@H](OCC2CCC2)C[C@H]2CC[C@H](C)[C@](O)(O2)C(=O)C(=O)N(C)C(C)C(=O)OC([C@H](C)C[C@@H]2CC[C@@H](OCCCS(C)(=O)=O)[C@H](OC)C2)CC(=O)C(C)/C=C(\C)C1O. The van der Waals surface area contributed by atoms with Gasteiger partial charge in [-0.15, -0.1) is 0 Å². The van der Waals surface area contributed by atoms with Crippen molar-refractivity contribution in [3.63, 3.8) is 0 Å². The molecule has 17 heteroatoms. The summed E-state index contributed by atoms with van der Waals surface area (Å²) in [6, 6.07) is -1.32. The number of ether oxygens (including phenoxy) is 6. The van der Waals surface area contributed by atoms with Crippen molar-refractivity contribution in [3.8, 4) is 0 Å². The molecule has 1 amide bonds. The van der Waals surface area contributed by atoms with Gasteiger partial charge in [-0.2, -0.15) is 0 Å². The molecule has 1 saturated heterocycles. The molecule has 14 atom stereocenters. The summed E-state index contributed by atoms with van der Waals surface area (Å²) in [6.07, 6.45) is 15.8. The smallest absolute Gasteiger partial charge is 0.328 e. The highest BCUT2D eigenvalue weighted by atomic mass is 32.2. The van der Waals surface area contributed by atoms with E-state index < -0.39 is 87.6 Å². The first-order valence-electron chi connectivity index (χ1n) is 26.7. The largest absolute Gasteiger partial charge is 0.460 e. The van der Waals surface area contributed by atoms with Crippen molar-refractivity contribution in [1.82, 2.24) is 4.90 Å². The number of cyclic esters (lactones) is 1. The van der Waals surface area contributed by atoms with E-state index in [-0.39, 0.29) is 54.4 Å². The zero-order chi connectivity index (χ0) is 54.2. The Kier molecular flexibility index (Phi) is 24.8. The number of aliphatic hydroxyl groups is 2. The number of hydrogen-bond donors (Lipinski definition) is 2. The van der Waals surface area contributed by atoms with Crippen LogP contribution in [0.3, 0.4) is 0 Å². The predicted molar refractivity (Wildman–Crippen MR) is 278 cm³/mol. The maximum absolute atomic E-state index is 14.2. The number of sulfone groups is 1. The van der Waals surface area contributed by atoms with Crippen LogP contribution >= 0.6 is 0 Å². The minimum atomic E-state index is -3.12. The number of rotatable bonds is 13. The summed E-state index contributed by atoms with van der Waals surface area (Å²) in [4.78, 5) is 71.2. The van der Waals surface area contributed by atoms with Crippen molar-refractivity contribution in [2.75, 3.05) is 46.5 Å². The lowest BCUT2D eigenvalue weighted by Crippen LogP contribution is -2.59. The van der Waals surface area contributed by atoms with Gasteiger partial charge in [0.1, 0.15) is 40.0 Å². The molecule has 0 aromatic heterocycles. The number of carbonyl (C=O) groups excluding carboxylic acids is 5. The van der Waals surface area contributed by atoms with Gasteiger partial charge in [0.2, 0.25) is 5.79 Å². The number of esters is 1. The molecule has 0 spiro atoms. The molecule has 2 bridgehead atoms. The zero-order valence-electron chi connectivity index (χ0n) is 45.6. The Labute approximate surface area is 435 Å². The number of nitrogens with zero attached hydrogens (tertiary/aromatic N) is 1. The van der Waals surface area contributed by atoms with Crippen LogP contribution in [0.25, 0.3) is 0 Å². The molecule has 0 aromatic carbocycles. The Morgan fingerprint density at radius 3 is 2.22 bits per heavy atom. The summed E-state index contributed by atoms with van der Waals surface area (Å²) < 4.78 is 59.7. The van der Waals surface area contributed by atoms with Crippen molar-refractivity contribution < 1.29 is 71.0 Å². The molecule has 4 rings (SSSR count). The fourth-order valence-electron chi connectivity index (χ4n) is 10.3. The quantitative estimate of drug-likeness (QED) is 0.0819. The van der Waals surface area contributed by atoms with E-state index in [4.69, 9.17) is 28.4 Å². The Morgan fingerprint density at radius 2 is 1.58 bits per heavy atom. The van der Waals surface area contributed by atoms with Crippen LogP contribution in [0.4, 0.5) is 0 Å². The van der Waals surface area contributed by atoms with Gasteiger partial charge in [0, 0.05) is 64.7 Å². The molecule has 0 aromatic rings. The molecule has 2 aliphatic carbocycles. The second-order valence-corrected chi connectivity index (χ2v) is 24.1. The van der Waals surface area contributed by atoms with E-state index in [1.165, 1.54) is 27.3 Å². The van der Waals surface area contributed by atoms with Crippen LogP contribution in [-0.2, 0) is 62.2 Å². The number of carbonyl (C=O) groups is 5. The van der Waals surface area contributed by atoms with E-state index >= 15 is 0 Å². The summed E-state index contributed by atoms with van der Waals surface area (Å²) in [5.74, 6) is -8.00. The molecule has 414 valence electrons. The first-order chi connectivity index (χ1) is 34.4. The van der Waals surface area contributed by atoms with Gasteiger partial charge < -0.3 is 43.5 Å². The molecular weight excluding hydrogens is 959 g/mol. The third kappa shape index (κ3) is 18.4. The Hall–Kier alpha value is -3.42. The predicted octanol–water partition coefficient (Wildman–Crippen LogP) is 7.03. The van der Waals surface area contributed by atoms with Gasteiger partial charge in [0.05, 0.1) is 36.8 Å². The Balaban J connectivity index is 1.63. The van der Waals surface area contributed by atoms with Gasteiger partial charge in [0.25, 0.3) is 11.7 Å². The van der Waals surface area contributed by atoms with Crippen molar-refractivity contribution in [2.24, 2.45) is 35.5 Å². The topological polar surface area (TPSA) is 219 Å². The van der Waals surface area contributed by atoms with Crippen LogP contribution in [0.5, 0.6) is 0 Å². The maximum Gasteiger partial charge on any atom is 0.328 e. The molecule has 2 saturated carbocycles. The van der Waals surface area contributed by atoms with Gasteiger partial charge in [0.15, 0.2) is 5.78 Å². The fourth-order valence-corrected chi connectivity index (χ4v) is 10.9. The lowest BCUT2D eigenvalue weighted by atomic mass is 9.78. The fraction of sp³-hybridized carbons (Fsp3) is 0.768. The second kappa shape index (κ2) is 29.2. The van der Waals surface area contributed by atoms with E-state index in [0.29, 0.717) is 75.9 Å². The van der Waals surface area contributed by atoms with Crippen molar-refractivity contribution in [2.45, 2.75) is 193 Å². The van der Waals surface area contributed by atoms with Crippen LogP contribution in [-0.4, -0.2) is 154 Å². The lowest BCUT2D eigenvalue weighted by Gasteiger charge is -2.42. The molecule has 2 heterocycles. The second-order valence-electron chi connectivity index (χ2n) is 21.8. The van der Waals surface area contributed by atoms with E-state index in [1.807, 2.05) is 44.2 Å². The first kappa shape index (κ1) is 62.1. The highest BCUT2D eigenvalue weighted by Gasteiger charge is 2.52. The molecule has 2 aliphatic heterocycles. The number of hydrogen-bond acceptors (Lipinski definition) is 15. The standard InChI is InChI=1S/C56H89NO15S/c1-35-19-15-13-12-14-16-20-36(2)50(59)52(68-10)51(60)39(5)29-37(3)45(58)33-48(38(4)30-43-24-26-46(49(31-43)67-9)69-27-18-28-73(11,65)66)71-55(63)41(7)57(8)54(62)53(61)56(64)40(6)23-25-44(72-56)32-47(35)70-34-42-21-17-22-42/h12-15,19,29,36-38,40-44,46-49,51-52,60,64H,16-18,20-28,30-34H2,1-11H3/b14-12+,15-13+,35-19+,39-29+/t36?,37?,38-,40+,41?,43+,44-,46-,47-,48?,49-,51?,52?,56+/m1/s1. The number of aliphatic hydroxyl groups excluding tert-OH is 1. The van der Waals surface area contributed by atoms with Gasteiger partial charge in [-0.1, -0.05) is 70.6 Å². The molecule has 2 N–H and O–H groups in total. The number of likely N-dealkylation sites (N-methyl/N-ethyl adjacent to an activating group) is 1. The molecule has 3 fully saturated rings. The highest BCUT2D eigenvalue weighted by Crippen LogP contribution is 2.38. The minimum Gasteiger partial charge on any atom is -0.460 e. The third-order valence-electron chi connectivity index (χ3n) is 15.9. The van der Waals surface area contributed by atoms with E-state index in [2.05, 4.69) is 0 Å². The average molecular weight is 1050 g/mol. The number of methoxy groups -OCH3 is 2. The van der Waals surface area contributed by atoms with Gasteiger partial charge in [-0.3, -0.25) is 19.2 Å². The van der Waals surface area contributed by atoms with Gasteiger partial charge in [-0.25, -0.2) is 13.2 Å². The summed E-state index contributed by atoms with van der Waals surface area (Å²) in [7, 11) is 1.14. The van der Waals surface area contributed by atoms with Crippen LogP contribution in [0, 0.1) is 35.5 Å². The molecule has 16 nitrogen and oxygen atoms in total. The number of amides is 1. The number of fused-ring (bicyclic) bond motifs is 2. The third-order valence-corrected chi connectivity index (χ3v) is 16.9. The summed E-state index contributed by atoms with van der Waals surface area (Å²) in [5.41, 5.74) is 1.29. The molecule has 6 unspecified atom stereocenters. The summed E-state index contributed by atoms with van der Waals surface area (Å²) >= 11 is 0. The molecular formula is C56H89NO15S. The lowest BCUT2D eigenvalue weighted by molar-refractivity contribution is -0.266. The molecule has 73 heavy (non-hydrogen) atoms. The number of allylic oxidation sites excluding steroid dienone is 6. The maximum atomic E-state index is 14.2. The Bertz CT molecular complexity index is 2080. The van der Waals surface area contributed by atoms with E-state index in [1.54, 1.807) is 40.9 Å². The van der Waals surface area contributed by atoms with Crippen molar-refractivity contribution in [3.05, 3.63) is 47.6 Å². The van der Waals surface area contributed by atoms with Crippen LogP contribution in [0.15, 0.2) is 47.6 Å². The van der Waals surface area contributed by atoms with E-state index in [0.717, 1.165) is 36.2 Å². The Morgan fingerprint density at radius 1 is 0.863 bits per heavy atom. The van der Waals surface area contributed by atoms with Gasteiger partial charge in [-0.05, 0) is 120 Å². The minimum absolute atomic E-state index is 0.0257. The average Bonchev–Trinajstić information content (AvgIpc) is 3.33.